The van der Waals surface area contributed by atoms with Crippen LogP contribution in [0.3, 0.4) is 0 Å². The normalized spacial score (nSPS) is 13.5. The van der Waals surface area contributed by atoms with Crippen molar-refractivity contribution >= 4 is 11.9 Å². The number of ether oxygens (including phenoxy) is 2. The summed E-state index contributed by atoms with van der Waals surface area (Å²) in [7, 11) is 0. The van der Waals surface area contributed by atoms with E-state index in [-0.39, 0.29) is 11.9 Å². The van der Waals surface area contributed by atoms with E-state index < -0.39 is 0 Å². The molecule has 7 nitrogen and oxygen atoms in total. The van der Waals surface area contributed by atoms with E-state index in [4.69, 9.17) is 9.47 Å². The van der Waals surface area contributed by atoms with Gasteiger partial charge in [0.1, 0.15) is 0 Å². The van der Waals surface area contributed by atoms with Gasteiger partial charge in [0.05, 0.1) is 19.5 Å². The van der Waals surface area contributed by atoms with Crippen LogP contribution in [-0.4, -0.2) is 58.7 Å². The molecular weight excluding hydrogens is 875 g/mol. The summed E-state index contributed by atoms with van der Waals surface area (Å²) < 4.78 is 13.9. The minimum atomic E-state index is 0.0214. The Bertz CT molecular complexity index is 1180. The van der Waals surface area contributed by atoms with E-state index in [9.17, 15) is 9.59 Å². The lowest BCUT2D eigenvalue weighted by atomic mass is 9.96. The second-order valence-electron chi connectivity index (χ2n) is 22.6. The monoisotopic (exact) mass is 998 g/mol. The summed E-state index contributed by atoms with van der Waals surface area (Å²) >= 11 is 0. The predicted octanol–water partition coefficient (Wildman–Crippen LogP) is 20.1. The fraction of sp³-hybridized carbons (Fsp3) is 0.922. The maximum atomic E-state index is 12.7. The van der Waals surface area contributed by atoms with Crippen molar-refractivity contribution in [1.29, 1.82) is 0 Å². The third-order valence-corrected chi connectivity index (χ3v) is 15.8. The van der Waals surface area contributed by atoms with Crippen molar-refractivity contribution in [3.8, 4) is 0 Å². The number of esters is 2. The molecular formula is C64H123N3O4. The Morgan fingerprint density at radius 2 is 0.775 bits per heavy atom. The molecule has 0 aliphatic heterocycles. The lowest BCUT2D eigenvalue weighted by Gasteiger charge is -2.33. The number of nitrogens with zero attached hydrogens (tertiary/aromatic N) is 3. The van der Waals surface area contributed by atoms with Gasteiger partial charge in [-0.15, -0.1) is 0 Å². The van der Waals surface area contributed by atoms with Crippen LogP contribution in [0.25, 0.3) is 0 Å². The van der Waals surface area contributed by atoms with Crippen molar-refractivity contribution in [2.75, 3.05) is 26.3 Å². The quantitative estimate of drug-likeness (QED) is 0.0478. The standard InChI is InChI=1S/C64H123N3O4/c1-7-12-17-20-21-22-23-24-25-30-35-42-53-66(54-51-59(6)67-55-52-65-58-67)62(47-38-31-26-28-33-40-49-63(68)70-56-60(43-15-10-4)45-36-18-13-8-2)48-39-32-27-29-34-41-50-64(69)71-57-61(44-16-11-5)46-37-19-14-9-3/h52,55,58-62H,7-51,53-54,56-57H2,1-6H3. The van der Waals surface area contributed by atoms with E-state index in [1.807, 2.05) is 12.5 Å². The molecule has 7 heteroatoms. The fourth-order valence-electron chi connectivity index (χ4n) is 10.8. The van der Waals surface area contributed by atoms with Gasteiger partial charge < -0.3 is 18.9 Å². The zero-order valence-electron chi connectivity index (χ0n) is 48.7. The first-order valence-corrected chi connectivity index (χ1v) is 31.9. The molecule has 0 amide bonds. The molecule has 0 saturated carbocycles. The summed E-state index contributed by atoms with van der Waals surface area (Å²) in [5, 5.41) is 0. The van der Waals surface area contributed by atoms with Crippen molar-refractivity contribution in [3.63, 3.8) is 0 Å². The Labute approximate surface area is 443 Å². The molecule has 3 atom stereocenters. The van der Waals surface area contributed by atoms with E-state index >= 15 is 0 Å². The highest BCUT2D eigenvalue weighted by Gasteiger charge is 2.20. The second kappa shape index (κ2) is 51.6. The number of carbonyl (C=O) groups is 2. The Morgan fingerprint density at radius 1 is 0.423 bits per heavy atom. The van der Waals surface area contributed by atoms with Crippen LogP contribution in [0.1, 0.15) is 337 Å². The van der Waals surface area contributed by atoms with Crippen LogP contribution in [0, 0.1) is 11.8 Å². The largest absolute Gasteiger partial charge is 0.465 e. The van der Waals surface area contributed by atoms with Crippen molar-refractivity contribution in [2.24, 2.45) is 11.8 Å². The lowest BCUT2D eigenvalue weighted by Crippen LogP contribution is -2.37. The smallest absolute Gasteiger partial charge is 0.305 e. The van der Waals surface area contributed by atoms with E-state index in [1.165, 1.54) is 251 Å². The average molecular weight is 999 g/mol. The maximum absolute atomic E-state index is 12.7. The summed E-state index contributed by atoms with van der Waals surface area (Å²) in [6.45, 7) is 17.4. The Balaban J connectivity index is 2.68. The highest BCUT2D eigenvalue weighted by atomic mass is 16.5. The van der Waals surface area contributed by atoms with Crippen LogP contribution in [0.4, 0.5) is 0 Å². The molecule has 1 aromatic rings. The predicted molar refractivity (Wildman–Crippen MR) is 307 cm³/mol. The number of hydrogen-bond acceptors (Lipinski definition) is 6. The molecule has 1 rings (SSSR count). The molecule has 0 aliphatic rings. The molecule has 1 aromatic heterocycles. The molecule has 418 valence electrons. The molecule has 1 heterocycles. The third kappa shape index (κ3) is 42.1. The summed E-state index contributed by atoms with van der Waals surface area (Å²) in [5.41, 5.74) is 0. The van der Waals surface area contributed by atoms with Gasteiger partial charge in [-0.3, -0.25) is 9.59 Å². The molecule has 0 fully saturated rings. The zero-order chi connectivity index (χ0) is 51.5. The first-order valence-electron chi connectivity index (χ1n) is 31.9. The molecule has 71 heavy (non-hydrogen) atoms. The van der Waals surface area contributed by atoms with Crippen molar-refractivity contribution in [3.05, 3.63) is 18.7 Å². The third-order valence-electron chi connectivity index (χ3n) is 15.8. The molecule has 0 aromatic carbocycles. The number of imidazole rings is 1. The minimum absolute atomic E-state index is 0.0214. The van der Waals surface area contributed by atoms with E-state index in [2.05, 4.69) is 62.2 Å². The number of carbonyl (C=O) groups excluding carboxylic acids is 2. The summed E-state index contributed by atoms with van der Waals surface area (Å²) in [6.07, 6.45) is 62.0. The number of hydrogen-bond donors (Lipinski definition) is 0. The van der Waals surface area contributed by atoms with Crippen LogP contribution in [0.15, 0.2) is 18.7 Å². The summed E-state index contributed by atoms with van der Waals surface area (Å²) in [6, 6.07) is 1.09. The Hall–Kier alpha value is -1.89. The van der Waals surface area contributed by atoms with Crippen LogP contribution in [0.5, 0.6) is 0 Å². The number of unbranched alkanes of at least 4 members (excludes halogenated alkanes) is 29. The van der Waals surface area contributed by atoms with E-state index in [0.717, 1.165) is 38.6 Å². The maximum Gasteiger partial charge on any atom is 0.305 e. The molecule has 0 N–H and O–H groups in total. The lowest BCUT2D eigenvalue weighted by molar-refractivity contribution is -0.146. The fourth-order valence-corrected chi connectivity index (χ4v) is 10.8. The highest BCUT2D eigenvalue weighted by molar-refractivity contribution is 5.69. The van der Waals surface area contributed by atoms with Crippen LogP contribution in [0.2, 0.25) is 0 Å². The minimum Gasteiger partial charge on any atom is -0.465 e. The van der Waals surface area contributed by atoms with Gasteiger partial charge in [-0.1, -0.05) is 247 Å². The van der Waals surface area contributed by atoms with Crippen LogP contribution < -0.4 is 0 Å². The van der Waals surface area contributed by atoms with Gasteiger partial charge in [-0.2, -0.15) is 0 Å². The Morgan fingerprint density at radius 3 is 1.18 bits per heavy atom. The first kappa shape index (κ1) is 67.1. The van der Waals surface area contributed by atoms with Crippen molar-refractivity contribution in [1.82, 2.24) is 14.5 Å². The molecule has 3 unspecified atom stereocenters. The van der Waals surface area contributed by atoms with Gasteiger partial charge in [0.15, 0.2) is 0 Å². The number of rotatable bonds is 56. The number of aromatic nitrogens is 2. The molecule has 0 saturated heterocycles. The molecule has 0 radical (unpaired) electrons. The first-order chi connectivity index (χ1) is 34.9. The summed E-state index contributed by atoms with van der Waals surface area (Å²) in [5.74, 6) is 1.12. The molecule has 0 aliphatic carbocycles. The summed E-state index contributed by atoms with van der Waals surface area (Å²) in [4.78, 5) is 32.7. The average Bonchev–Trinajstić information content (AvgIpc) is 3.93. The van der Waals surface area contributed by atoms with Crippen molar-refractivity contribution < 1.29 is 19.1 Å². The van der Waals surface area contributed by atoms with Gasteiger partial charge in [0, 0.05) is 43.9 Å². The Kier molecular flexibility index (Phi) is 48.8. The van der Waals surface area contributed by atoms with Crippen LogP contribution >= 0.6 is 0 Å². The topological polar surface area (TPSA) is 73.7 Å². The molecule has 0 bridgehead atoms. The zero-order valence-corrected chi connectivity index (χ0v) is 48.7. The van der Waals surface area contributed by atoms with Crippen molar-refractivity contribution in [2.45, 2.75) is 343 Å². The van der Waals surface area contributed by atoms with Gasteiger partial charge >= 0.3 is 11.9 Å². The van der Waals surface area contributed by atoms with E-state index in [0.29, 0.717) is 50.0 Å². The highest BCUT2D eigenvalue weighted by Crippen LogP contribution is 2.24. The second-order valence-corrected chi connectivity index (χ2v) is 22.6. The molecule has 0 spiro atoms. The SMILES string of the molecule is CCCCCCCCCCCCCCN(CCC(C)n1ccnc1)C(CCCCCCCCC(=O)OCC(CCCC)CCCCCC)CCCCCCCCC(=O)OCC(CCCC)CCCCCC. The van der Waals surface area contributed by atoms with Crippen LogP contribution in [-0.2, 0) is 19.1 Å². The van der Waals surface area contributed by atoms with Gasteiger partial charge in [0.25, 0.3) is 0 Å². The van der Waals surface area contributed by atoms with E-state index in [1.54, 1.807) is 0 Å². The van der Waals surface area contributed by atoms with Gasteiger partial charge in [0.2, 0.25) is 0 Å². The van der Waals surface area contributed by atoms with Gasteiger partial charge in [-0.05, 0) is 89.5 Å². The van der Waals surface area contributed by atoms with Gasteiger partial charge in [-0.25, -0.2) is 4.98 Å².